The van der Waals surface area contributed by atoms with Crippen LogP contribution in [0.5, 0.6) is 0 Å². The molecule has 1 aliphatic rings. The molecule has 198 valence electrons. The number of Topliss-reactive ketones (excluding diaryl/α,β-unsaturated/α-hetero) is 1. The Morgan fingerprint density at radius 3 is 2.45 bits per heavy atom. The maximum absolute atomic E-state index is 13.8. The van der Waals surface area contributed by atoms with E-state index in [0.29, 0.717) is 18.5 Å². The van der Waals surface area contributed by atoms with E-state index >= 15 is 0 Å². The van der Waals surface area contributed by atoms with Gasteiger partial charge in [0.1, 0.15) is 5.82 Å². The van der Waals surface area contributed by atoms with Crippen molar-refractivity contribution in [3.63, 3.8) is 0 Å². The first-order valence-corrected chi connectivity index (χ1v) is 12.7. The Hall–Kier alpha value is -3.75. The molecule has 0 heterocycles. The number of hydrogen-bond donors (Lipinski definition) is 3. The largest absolute Gasteiger partial charge is 0.370 e. The number of nitrogens with two attached hydrogens (primary N) is 2. The number of nitrogens with one attached hydrogen (secondary N) is 1. The standard InChI is InChI=1S/C29H31ClFN5O2/c1-36(16-18-5-3-2-4-6-18)17-20-7-9-23-21(11-20)14-22(15-34-29(32)33)27(23)35-28(38)26(37)13-19-8-10-24(30)25(31)12-19/h2-12,22,27H,13-17H2,1H3,(H,35,38)(H4,32,33,34)/t22-,27-/m1/s1. The van der Waals surface area contributed by atoms with Crippen molar-refractivity contribution in [2.45, 2.75) is 32.0 Å². The van der Waals surface area contributed by atoms with Gasteiger partial charge in [0.25, 0.3) is 5.91 Å². The molecule has 0 bridgehead atoms. The number of guanidine groups is 1. The molecule has 0 saturated heterocycles. The van der Waals surface area contributed by atoms with Crippen LogP contribution < -0.4 is 16.8 Å². The number of hydrogen-bond acceptors (Lipinski definition) is 4. The number of benzene rings is 3. The molecule has 0 spiro atoms. The van der Waals surface area contributed by atoms with Gasteiger partial charge in [0.2, 0.25) is 5.78 Å². The summed E-state index contributed by atoms with van der Waals surface area (Å²) in [4.78, 5) is 31.9. The molecule has 3 aromatic carbocycles. The molecule has 0 saturated carbocycles. The van der Waals surface area contributed by atoms with Gasteiger partial charge in [-0.3, -0.25) is 19.5 Å². The van der Waals surface area contributed by atoms with Crippen LogP contribution in [0.1, 0.15) is 33.9 Å². The molecular formula is C29H31ClFN5O2. The van der Waals surface area contributed by atoms with Gasteiger partial charge in [-0.15, -0.1) is 0 Å². The fourth-order valence-corrected chi connectivity index (χ4v) is 5.00. The van der Waals surface area contributed by atoms with Crippen molar-refractivity contribution in [1.29, 1.82) is 0 Å². The van der Waals surface area contributed by atoms with E-state index < -0.39 is 23.5 Å². The van der Waals surface area contributed by atoms with Crippen LogP contribution in [0.25, 0.3) is 0 Å². The Bertz CT molecular complexity index is 1340. The normalized spacial score (nSPS) is 16.2. The number of carbonyl (C=O) groups excluding carboxylic acids is 2. The number of aliphatic imine (C=N–C) groups is 1. The minimum Gasteiger partial charge on any atom is -0.370 e. The van der Waals surface area contributed by atoms with E-state index in [-0.39, 0.29) is 23.3 Å². The summed E-state index contributed by atoms with van der Waals surface area (Å²) < 4.78 is 13.8. The van der Waals surface area contributed by atoms with Gasteiger partial charge in [0.15, 0.2) is 5.96 Å². The Labute approximate surface area is 226 Å². The minimum absolute atomic E-state index is 0.0323. The van der Waals surface area contributed by atoms with Gasteiger partial charge >= 0.3 is 0 Å². The van der Waals surface area contributed by atoms with E-state index in [1.165, 1.54) is 17.7 Å². The van der Waals surface area contributed by atoms with Crippen molar-refractivity contribution >= 4 is 29.3 Å². The summed E-state index contributed by atoms with van der Waals surface area (Å²) in [5.41, 5.74) is 15.9. The molecule has 1 aliphatic carbocycles. The van der Waals surface area contributed by atoms with Crippen LogP contribution in [-0.2, 0) is 35.5 Å². The first kappa shape index (κ1) is 27.3. The number of ketones is 1. The third kappa shape index (κ3) is 6.96. The van der Waals surface area contributed by atoms with Crippen molar-refractivity contribution in [3.8, 4) is 0 Å². The van der Waals surface area contributed by atoms with Crippen molar-refractivity contribution in [3.05, 3.63) is 105 Å². The summed E-state index contributed by atoms with van der Waals surface area (Å²) in [7, 11) is 2.07. The molecule has 0 radical (unpaired) electrons. The summed E-state index contributed by atoms with van der Waals surface area (Å²) in [6.07, 6.45) is 0.425. The van der Waals surface area contributed by atoms with E-state index in [9.17, 15) is 14.0 Å². The number of amides is 1. The average Bonchev–Trinajstić information content (AvgIpc) is 3.21. The van der Waals surface area contributed by atoms with Gasteiger partial charge in [-0.05, 0) is 53.4 Å². The Morgan fingerprint density at radius 2 is 1.74 bits per heavy atom. The number of halogens is 2. The molecule has 38 heavy (non-hydrogen) atoms. The SMILES string of the molecule is CN(Cc1ccccc1)Cc1ccc2c(c1)C[C@H](CN=C(N)N)[C@H]2NC(=O)C(=O)Cc1ccc(Cl)c(F)c1. The molecule has 0 aromatic heterocycles. The summed E-state index contributed by atoms with van der Waals surface area (Å²) in [5.74, 6) is -2.19. The van der Waals surface area contributed by atoms with Gasteiger partial charge < -0.3 is 16.8 Å². The molecule has 0 unspecified atom stereocenters. The number of fused-ring (bicyclic) bond motifs is 1. The van der Waals surface area contributed by atoms with E-state index in [1.807, 2.05) is 30.3 Å². The second kappa shape index (κ2) is 12.2. The number of nitrogens with zero attached hydrogens (tertiary/aromatic N) is 2. The van der Waals surface area contributed by atoms with Crippen LogP contribution in [0.2, 0.25) is 5.02 Å². The average molecular weight is 536 g/mol. The fraction of sp³-hybridized carbons (Fsp3) is 0.276. The summed E-state index contributed by atoms with van der Waals surface area (Å²) in [5, 5.41) is 2.84. The van der Waals surface area contributed by atoms with Crippen LogP contribution in [0.4, 0.5) is 4.39 Å². The second-order valence-corrected chi connectivity index (χ2v) is 10.1. The van der Waals surface area contributed by atoms with E-state index in [0.717, 1.165) is 35.8 Å². The quantitative estimate of drug-likeness (QED) is 0.209. The Morgan fingerprint density at radius 1 is 1.03 bits per heavy atom. The first-order valence-electron chi connectivity index (χ1n) is 12.4. The molecule has 5 N–H and O–H groups in total. The molecule has 3 aromatic rings. The van der Waals surface area contributed by atoms with Crippen LogP contribution in [0.3, 0.4) is 0 Å². The Kier molecular flexibility index (Phi) is 8.76. The van der Waals surface area contributed by atoms with E-state index in [1.54, 1.807) is 0 Å². The smallest absolute Gasteiger partial charge is 0.288 e. The highest BCUT2D eigenvalue weighted by Gasteiger charge is 2.35. The predicted octanol–water partition coefficient (Wildman–Crippen LogP) is 3.53. The molecule has 4 rings (SSSR count). The zero-order valence-corrected chi connectivity index (χ0v) is 21.9. The second-order valence-electron chi connectivity index (χ2n) is 9.72. The maximum Gasteiger partial charge on any atom is 0.288 e. The molecule has 1 amide bonds. The Balaban J connectivity index is 1.47. The topological polar surface area (TPSA) is 114 Å². The first-order chi connectivity index (χ1) is 18.2. The van der Waals surface area contributed by atoms with Crippen molar-refractivity contribution < 1.29 is 14.0 Å². The fourth-order valence-electron chi connectivity index (χ4n) is 4.88. The highest BCUT2D eigenvalue weighted by Crippen LogP contribution is 2.37. The summed E-state index contributed by atoms with van der Waals surface area (Å²) >= 11 is 5.71. The van der Waals surface area contributed by atoms with E-state index in [4.69, 9.17) is 23.1 Å². The lowest BCUT2D eigenvalue weighted by molar-refractivity contribution is -0.138. The molecule has 2 atom stereocenters. The van der Waals surface area contributed by atoms with Crippen molar-refractivity contribution in [1.82, 2.24) is 10.2 Å². The van der Waals surface area contributed by atoms with Crippen LogP contribution in [0, 0.1) is 11.7 Å². The molecule has 0 fully saturated rings. The zero-order chi connectivity index (χ0) is 27.2. The third-order valence-electron chi connectivity index (χ3n) is 6.64. The van der Waals surface area contributed by atoms with Gasteiger partial charge in [-0.25, -0.2) is 4.39 Å². The summed E-state index contributed by atoms with van der Waals surface area (Å²) in [6, 6.07) is 20.1. The molecular weight excluding hydrogens is 505 g/mol. The monoisotopic (exact) mass is 535 g/mol. The van der Waals surface area contributed by atoms with Crippen LogP contribution >= 0.6 is 11.6 Å². The third-order valence-corrected chi connectivity index (χ3v) is 6.95. The zero-order valence-electron chi connectivity index (χ0n) is 21.2. The maximum atomic E-state index is 13.8. The lowest BCUT2D eigenvalue weighted by Gasteiger charge is -2.21. The van der Waals surface area contributed by atoms with Crippen LogP contribution in [-0.4, -0.2) is 36.1 Å². The highest BCUT2D eigenvalue weighted by molar-refractivity contribution is 6.36. The lowest BCUT2D eigenvalue weighted by Crippen LogP contribution is -2.38. The molecule has 7 nitrogen and oxygen atoms in total. The minimum atomic E-state index is -0.737. The molecule has 0 aliphatic heterocycles. The predicted molar refractivity (Wildman–Crippen MR) is 147 cm³/mol. The van der Waals surface area contributed by atoms with Gasteiger partial charge in [0.05, 0.1) is 11.1 Å². The van der Waals surface area contributed by atoms with Crippen molar-refractivity contribution in [2.75, 3.05) is 13.6 Å². The van der Waals surface area contributed by atoms with Crippen molar-refractivity contribution in [2.24, 2.45) is 22.4 Å². The van der Waals surface area contributed by atoms with E-state index in [2.05, 4.69) is 40.5 Å². The number of carbonyl (C=O) groups is 2. The highest BCUT2D eigenvalue weighted by atomic mass is 35.5. The van der Waals surface area contributed by atoms with Gasteiger partial charge in [-0.2, -0.15) is 0 Å². The van der Waals surface area contributed by atoms with Gasteiger partial charge in [-0.1, -0.05) is 66.2 Å². The number of rotatable bonds is 10. The lowest BCUT2D eigenvalue weighted by atomic mass is 9.99. The van der Waals surface area contributed by atoms with Gasteiger partial charge in [0, 0.05) is 32.0 Å². The van der Waals surface area contributed by atoms with Crippen LogP contribution in [0.15, 0.2) is 71.7 Å². The summed E-state index contributed by atoms with van der Waals surface area (Å²) in [6.45, 7) is 1.89. The molecule has 9 heteroatoms.